The average molecular weight is 297 g/mol. The van der Waals surface area contributed by atoms with Gasteiger partial charge < -0.3 is 9.30 Å². The van der Waals surface area contributed by atoms with Crippen LogP contribution in [0.15, 0.2) is 24.3 Å². The highest BCUT2D eigenvalue weighted by Gasteiger charge is 2.15. The molecule has 3 rings (SSSR count). The lowest BCUT2D eigenvalue weighted by atomic mass is 10.1. The summed E-state index contributed by atoms with van der Waals surface area (Å²) < 4.78 is 7.26. The number of ether oxygens (including phenoxy) is 1. The van der Waals surface area contributed by atoms with E-state index in [4.69, 9.17) is 10.00 Å². The number of hydrogen-bond acceptors (Lipinski definition) is 4. The molecule has 114 valence electrons. The minimum atomic E-state index is -0.129. The van der Waals surface area contributed by atoms with Gasteiger partial charge in [-0.25, -0.2) is 0 Å². The van der Waals surface area contributed by atoms with Crippen LogP contribution in [0, 0.1) is 11.3 Å². The van der Waals surface area contributed by atoms with Crippen molar-refractivity contribution in [2.45, 2.75) is 13.0 Å². The van der Waals surface area contributed by atoms with E-state index < -0.39 is 0 Å². The van der Waals surface area contributed by atoms with Crippen LogP contribution in [0.25, 0.3) is 10.9 Å². The van der Waals surface area contributed by atoms with E-state index in [1.54, 1.807) is 0 Å². The summed E-state index contributed by atoms with van der Waals surface area (Å²) in [6, 6.07) is 10.1. The molecule has 0 aliphatic carbocycles. The fraction of sp³-hybridized carbons (Fsp3) is 0.412. The van der Waals surface area contributed by atoms with Gasteiger partial charge in [-0.1, -0.05) is 12.1 Å². The van der Waals surface area contributed by atoms with Crippen LogP contribution < -0.4 is 0 Å². The van der Waals surface area contributed by atoms with Gasteiger partial charge in [-0.2, -0.15) is 5.26 Å². The van der Waals surface area contributed by atoms with Crippen molar-refractivity contribution in [2.75, 3.05) is 26.3 Å². The van der Waals surface area contributed by atoms with Crippen molar-refractivity contribution in [1.82, 2.24) is 9.47 Å². The predicted molar refractivity (Wildman–Crippen MR) is 83.6 cm³/mol. The molecule has 1 saturated heterocycles. The Bertz CT molecular complexity index is 736. The van der Waals surface area contributed by atoms with Crippen molar-refractivity contribution in [3.8, 4) is 6.07 Å². The first-order chi connectivity index (χ1) is 10.7. The van der Waals surface area contributed by atoms with E-state index in [0.29, 0.717) is 5.69 Å². The maximum absolute atomic E-state index is 12.0. The summed E-state index contributed by atoms with van der Waals surface area (Å²) in [5, 5.41) is 9.73. The number of nitrogens with zero attached hydrogens (tertiary/aromatic N) is 3. The molecule has 1 aliphatic heterocycles. The lowest BCUT2D eigenvalue weighted by molar-refractivity contribution is 0.0342. The Hall–Kier alpha value is -2.16. The third kappa shape index (κ3) is 2.89. The van der Waals surface area contributed by atoms with Crippen LogP contribution in [-0.4, -0.2) is 41.6 Å². The molecule has 0 unspecified atom stereocenters. The summed E-state index contributed by atoms with van der Waals surface area (Å²) in [4.78, 5) is 14.3. The zero-order chi connectivity index (χ0) is 15.5. The van der Waals surface area contributed by atoms with Crippen LogP contribution in [0.5, 0.6) is 0 Å². The van der Waals surface area contributed by atoms with E-state index >= 15 is 0 Å². The van der Waals surface area contributed by atoms with E-state index in [0.717, 1.165) is 43.8 Å². The number of ketones is 1. The Morgan fingerprint density at radius 1 is 1.32 bits per heavy atom. The smallest absolute Gasteiger partial charge is 0.193 e. The molecule has 1 aromatic carbocycles. The number of fused-ring (bicyclic) bond motifs is 1. The molecule has 22 heavy (non-hydrogen) atoms. The molecule has 0 atom stereocenters. The lowest BCUT2D eigenvalue weighted by Crippen LogP contribution is -2.35. The summed E-state index contributed by atoms with van der Waals surface area (Å²) in [6.45, 7) is 4.39. The van der Waals surface area contributed by atoms with Gasteiger partial charge >= 0.3 is 0 Å². The van der Waals surface area contributed by atoms with Gasteiger partial charge in [0.05, 0.1) is 25.0 Å². The van der Waals surface area contributed by atoms with Gasteiger partial charge in [0.1, 0.15) is 6.42 Å². The highest BCUT2D eigenvalue weighted by Crippen LogP contribution is 2.22. The third-order valence-electron chi connectivity index (χ3n) is 4.14. The molecule has 0 amide bonds. The van der Waals surface area contributed by atoms with E-state index in [1.165, 1.54) is 5.56 Å². The van der Waals surface area contributed by atoms with E-state index in [-0.39, 0.29) is 12.2 Å². The first-order valence-electron chi connectivity index (χ1n) is 7.47. The van der Waals surface area contributed by atoms with Crippen LogP contribution in [0.4, 0.5) is 0 Å². The van der Waals surface area contributed by atoms with Gasteiger partial charge in [-0.15, -0.1) is 0 Å². The normalized spacial score (nSPS) is 15.8. The first kappa shape index (κ1) is 14.8. The molecule has 2 aromatic rings. The molecule has 1 fully saturated rings. The largest absolute Gasteiger partial charge is 0.379 e. The van der Waals surface area contributed by atoms with Gasteiger partial charge in [0, 0.05) is 37.6 Å². The second-order valence-electron chi connectivity index (χ2n) is 5.63. The molecule has 5 nitrogen and oxygen atoms in total. The number of aryl methyl sites for hydroxylation is 1. The van der Waals surface area contributed by atoms with Crippen LogP contribution in [0.1, 0.15) is 22.5 Å². The van der Waals surface area contributed by atoms with E-state index in [9.17, 15) is 4.79 Å². The topological polar surface area (TPSA) is 58.3 Å². The van der Waals surface area contributed by atoms with Crippen molar-refractivity contribution < 1.29 is 9.53 Å². The Morgan fingerprint density at radius 3 is 2.82 bits per heavy atom. The molecule has 0 saturated carbocycles. The maximum Gasteiger partial charge on any atom is 0.193 e. The minimum Gasteiger partial charge on any atom is -0.379 e. The molecule has 1 aliphatic rings. The molecule has 0 spiro atoms. The minimum absolute atomic E-state index is 0.0786. The molecule has 2 heterocycles. The molecule has 5 heteroatoms. The quantitative estimate of drug-likeness (QED) is 0.811. The fourth-order valence-corrected chi connectivity index (χ4v) is 2.92. The Morgan fingerprint density at radius 2 is 2.09 bits per heavy atom. The molecular formula is C17H19N3O2. The van der Waals surface area contributed by atoms with Gasteiger partial charge in [0.2, 0.25) is 0 Å². The Kier molecular flexibility index (Phi) is 4.23. The third-order valence-corrected chi connectivity index (χ3v) is 4.14. The van der Waals surface area contributed by atoms with Crippen molar-refractivity contribution in [1.29, 1.82) is 5.26 Å². The molecule has 0 bridgehead atoms. The van der Waals surface area contributed by atoms with E-state index in [2.05, 4.69) is 17.0 Å². The number of rotatable bonds is 4. The van der Waals surface area contributed by atoms with Crippen LogP contribution in [0.2, 0.25) is 0 Å². The van der Waals surface area contributed by atoms with Gasteiger partial charge in [0.25, 0.3) is 0 Å². The van der Waals surface area contributed by atoms with Gasteiger partial charge in [-0.3, -0.25) is 9.69 Å². The number of carbonyl (C=O) groups is 1. The number of hydrogen-bond donors (Lipinski definition) is 0. The number of nitriles is 1. The van der Waals surface area contributed by atoms with Crippen LogP contribution in [-0.2, 0) is 18.3 Å². The zero-order valence-electron chi connectivity index (χ0n) is 12.7. The van der Waals surface area contributed by atoms with Crippen LogP contribution in [0.3, 0.4) is 0 Å². The van der Waals surface area contributed by atoms with Gasteiger partial charge in [0.15, 0.2) is 5.78 Å². The Labute approximate surface area is 129 Å². The second-order valence-corrected chi connectivity index (χ2v) is 5.63. The number of carbonyl (C=O) groups excluding carboxylic acids is 1. The molecular weight excluding hydrogens is 278 g/mol. The molecule has 0 radical (unpaired) electrons. The zero-order valence-corrected chi connectivity index (χ0v) is 12.7. The Balaban J connectivity index is 1.87. The summed E-state index contributed by atoms with van der Waals surface area (Å²) in [5.41, 5.74) is 2.86. The molecule has 1 aromatic heterocycles. The highest BCUT2D eigenvalue weighted by molar-refractivity contribution is 6.01. The maximum atomic E-state index is 12.0. The van der Waals surface area contributed by atoms with Gasteiger partial charge in [-0.05, 0) is 17.7 Å². The highest BCUT2D eigenvalue weighted by atomic mass is 16.5. The standard InChI is InChI=1S/C17H19N3O2/c1-19-15-10-13(12-20-6-8-22-9-7-20)2-3-14(15)11-16(19)17(21)4-5-18/h2-3,10-11H,4,6-9,12H2,1H3. The summed E-state index contributed by atoms with van der Waals surface area (Å²) in [6.07, 6.45) is -0.0786. The number of aromatic nitrogens is 1. The molecule has 0 N–H and O–H groups in total. The van der Waals surface area contributed by atoms with Crippen molar-refractivity contribution >= 4 is 16.7 Å². The van der Waals surface area contributed by atoms with Crippen molar-refractivity contribution in [3.05, 3.63) is 35.5 Å². The first-order valence-corrected chi connectivity index (χ1v) is 7.47. The monoisotopic (exact) mass is 297 g/mol. The number of Topliss-reactive ketones (excluding diaryl/α,β-unsaturated/α-hetero) is 1. The second kappa shape index (κ2) is 6.30. The lowest BCUT2D eigenvalue weighted by Gasteiger charge is -2.26. The summed E-state index contributed by atoms with van der Waals surface area (Å²) >= 11 is 0. The SMILES string of the molecule is Cn1c(C(=O)CC#N)cc2ccc(CN3CCOCC3)cc21. The fourth-order valence-electron chi connectivity index (χ4n) is 2.92. The summed E-state index contributed by atoms with van der Waals surface area (Å²) in [5.74, 6) is -0.129. The van der Waals surface area contributed by atoms with Crippen molar-refractivity contribution in [3.63, 3.8) is 0 Å². The van der Waals surface area contributed by atoms with Crippen molar-refractivity contribution in [2.24, 2.45) is 7.05 Å². The number of morpholine rings is 1. The number of benzene rings is 1. The summed E-state index contributed by atoms with van der Waals surface area (Å²) in [7, 11) is 1.88. The average Bonchev–Trinajstić information content (AvgIpc) is 2.86. The predicted octanol–water partition coefficient (Wildman–Crippen LogP) is 2.11. The van der Waals surface area contributed by atoms with E-state index in [1.807, 2.05) is 29.8 Å². The van der Waals surface area contributed by atoms with Crippen LogP contribution >= 0.6 is 0 Å².